The van der Waals surface area contributed by atoms with E-state index in [1.165, 1.54) is 12.3 Å². The minimum Gasteiger partial charge on any atom is -0.459 e. The fourth-order valence-electron chi connectivity index (χ4n) is 5.65. The normalized spacial score (nSPS) is 16.9. The van der Waals surface area contributed by atoms with Crippen molar-refractivity contribution >= 4 is 39.0 Å². The Labute approximate surface area is 258 Å². The molecule has 0 unspecified atom stereocenters. The van der Waals surface area contributed by atoms with Crippen molar-refractivity contribution in [1.29, 1.82) is 0 Å². The van der Waals surface area contributed by atoms with E-state index in [0.29, 0.717) is 17.3 Å². The first-order chi connectivity index (χ1) is 21.3. The summed E-state index contributed by atoms with van der Waals surface area (Å²) in [7, 11) is -2.31. The molecule has 12 nitrogen and oxygen atoms in total. The predicted octanol–water partition coefficient (Wildman–Crippen LogP) is 3.98. The van der Waals surface area contributed by atoms with Crippen LogP contribution in [0.1, 0.15) is 46.0 Å². The number of hydrogen-bond donors (Lipinski definition) is 3. The highest BCUT2D eigenvalue weighted by Crippen LogP contribution is 2.44. The van der Waals surface area contributed by atoms with Gasteiger partial charge in [-0.15, -0.1) is 0 Å². The number of amides is 2. The summed E-state index contributed by atoms with van der Waals surface area (Å²) in [6.45, 7) is 6.27. The molecule has 236 valence electrons. The zero-order valence-electron chi connectivity index (χ0n) is 24.7. The number of carbonyl (C=O) groups excluding carboxylic acids is 2. The maximum atomic E-state index is 13.9. The molecule has 2 aromatic heterocycles. The van der Waals surface area contributed by atoms with E-state index >= 15 is 0 Å². The molecule has 1 saturated heterocycles. The van der Waals surface area contributed by atoms with Gasteiger partial charge in [-0.05, 0) is 63.4 Å². The SMILES string of the molecule is CN1CCN(c2ccc(C(=O)Nc3n[nH]c4c3CN(S(=O)(=O)c3cc(F)cc(F)c3)C4(C)C)c(NC(=O)c3ccco3)c2)CC1. The third kappa shape index (κ3) is 5.69. The van der Waals surface area contributed by atoms with E-state index in [4.69, 9.17) is 4.42 Å². The quantitative estimate of drug-likeness (QED) is 0.276. The monoisotopic (exact) mass is 639 g/mol. The van der Waals surface area contributed by atoms with Crippen LogP contribution in [0.4, 0.5) is 26.0 Å². The molecule has 2 aliphatic rings. The molecular weight excluding hydrogens is 608 g/mol. The first-order valence-corrected chi connectivity index (χ1v) is 15.6. The number of rotatable bonds is 7. The van der Waals surface area contributed by atoms with Gasteiger partial charge in [0.25, 0.3) is 11.8 Å². The number of aromatic nitrogens is 2. The van der Waals surface area contributed by atoms with E-state index in [2.05, 4.69) is 30.6 Å². The van der Waals surface area contributed by atoms with Crippen molar-refractivity contribution in [3.05, 3.63) is 89.0 Å². The third-order valence-corrected chi connectivity index (χ3v) is 10.2. The van der Waals surface area contributed by atoms with Crippen LogP contribution in [0.2, 0.25) is 0 Å². The average Bonchev–Trinajstić information content (AvgIpc) is 3.72. The number of aromatic amines is 1. The number of nitrogens with one attached hydrogen (secondary N) is 3. The van der Waals surface area contributed by atoms with E-state index in [9.17, 15) is 26.8 Å². The number of fused-ring (bicyclic) bond motifs is 1. The Bertz CT molecular complexity index is 1860. The van der Waals surface area contributed by atoms with Gasteiger partial charge in [-0.3, -0.25) is 14.7 Å². The minimum absolute atomic E-state index is 0.0678. The first kappa shape index (κ1) is 30.4. The van der Waals surface area contributed by atoms with Gasteiger partial charge in [-0.1, -0.05) is 0 Å². The summed E-state index contributed by atoms with van der Waals surface area (Å²) in [6, 6.07) is 10.3. The lowest BCUT2D eigenvalue weighted by molar-refractivity contribution is 0.0996. The van der Waals surface area contributed by atoms with Gasteiger partial charge in [-0.2, -0.15) is 9.40 Å². The van der Waals surface area contributed by atoms with Gasteiger partial charge in [0.1, 0.15) is 11.6 Å². The van der Waals surface area contributed by atoms with Crippen LogP contribution in [-0.2, 0) is 22.1 Å². The molecule has 4 heterocycles. The van der Waals surface area contributed by atoms with Crippen molar-refractivity contribution in [3.8, 4) is 0 Å². The van der Waals surface area contributed by atoms with Crippen molar-refractivity contribution in [3.63, 3.8) is 0 Å². The molecule has 0 spiro atoms. The highest BCUT2D eigenvalue weighted by atomic mass is 32.2. The maximum Gasteiger partial charge on any atom is 0.291 e. The largest absolute Gasteiger partial charge is 0.459 e. The van der Waals surface area contributed by atoms with Gasteiger partial charge in [0, 0.05) is 50.0 Å². The smallest absolute Gasteiger partial charge is 0.291 e. The van der Waals surface area contributed by atoms with Crippen LogP contribution >= 0.6 is 0 Å². The Morgan fingerprint density at radius 1 is 0.978 bits per heavy atom. The fourth-order valence-corrected chi connectivity index (χ4v) is 7.41. The number of anilines is 3. The van der Waals surface area contributed by atoms with Gasteiger partial charge < -0.3 is 24.9 Å². The summed E-state index contributed by atoms with van der Waals surface area (Å²) in [4.78, 5) is 30.5. The van der Waals surface area contributed by atoms with Gasteiger partial charge >= 0.3 is 0 Å². The van der Waals surface area contributed by atoms with E-state index < -0.39 is 43.9 Å². The first-order valence-electron chi connectivity index (χ1n) is 14.1. The van der Waals surface area contributed by atoms with Crippen LogP contribution in [0.5, 0.6) is 0 Å². The number of halogens is 2. The molecule has 4 aromatic rings. The summed E-state index contributed by atoms with van der Waals surface area (Å²) in [5.41, 5.74) is 0.821. The third-order valence-electron chi connectivity index (χ3n) is 8.17. The summed E-state index contributed by atoms with van der Waals surface area (Å²) in [5.74, 6) is -3.03. The number of H-pyrrole nitrogens is 1. The summed E-state index contributed by atoms with van der Waals surface area (Å²) in [5, 5.41) is 12.6. The van der Waals surface area contributed by atoms with Crippen molar-refractivity contribution < 1.29 is 31.2 Å². The van der Waals surface area contributed by atoms with Gasteiger partial charge in [-0.25, -0.2) is 17.2 Å². The lowest BCUT2D eigenvalue weighted by atomic mass is 10.0. The van der Waals surface area contributed by atoms with Crippen LogP contribution in [0.15, 0.2) is 64.1 Å². The number of likely N-dealkylation sites (N-methyl/N-ethyl adjacent to an activating group) is 1. The van der Waals surface area contributed by atoms with Crippen LogP contribution in [0.3, 0.4) is 0 Å². The zero-order valence-corrected chi connectivity index (χ0v) is 25.5. The standard InChI is InChI=1S/C30H31F2N7O5S/c1-30(2)26-23(17-39(30)45(42,43)21-14-18(31)13-19(32)15-21)27(36-35-26)34-28(40)22-7-6-20(38-10-8-37(3)9-11-38)16-24(22)33-29(41)25-5-4-12-44-25/h4-7,12-16H,8-11,17H2,1-3H3,(H,33,41)(H2,34,35,36,40). The van der Waals surface area contributed by atoms with E-state index in [-0.39, 0.29) is 29.4 Å². The highest BCUT2D eigenvalue weighted by Gasteiger charge is 2.48. The molecule has 0 radical (unpaired) electrons. The lowest BCUT2D eigenvalue weighted by Crippen LogP contribution is -2.44. The summed E-state index contributed by atoms with van der Waals surface area (Å²) in [6.07, 6.45) is 1.37. The maximum absolute atomic E-state index is 13.9. The van der Waals surface area contributed by atoms with Gasteiger partial charge in [0.05, 0.1) is 33.6 Å². The predicted molar refractivity (Wildman–Crippen MR) is 161 cm³/mol. The Hall–Kier alpha value is -4.60. The molecule has 2 amide bonds. The molecule has 2 aliphatic heterocycles. The summed E-state index contributed by atoms with van der Waals surface area (Å²) < 4.78 is 61.2. The molecule has 0 bridgehead atoms. The number of hydrogen-bond acceptors (Lipinski definition) is 8. The van der Waals surface area contributed by atoms with Crippen molar-refractivity contribution in [2.45, 2.75) is 30.8 Å². The number of piperazine rings is 1. The second-order valence-electron chi connectivity index (χ2n) is 11.5. The van der Waals surface area contributed by atoms with Gasteiger partial charge in [0.2, 0.25) is 10.0 Å². The van der Waals surface area contributed by atoms with Crippen LogP contribution in [-0.4, -0.2) is 72.9 Å². The lowest BCUT2D eigenvalue weighted by Gasteiger charge is -2.34. The molecule has 0 aliphatic carbocycles. The number of carbonyl (C=O) groups is 2. The van der Waals surface area contributed by atoms with Crippen molar-refractivity contribution in [1.82, 2.24) is 19.4 Å². The Balaban J connectivity index is 1.29. The summed E-state index contributed by atoms with van der Waals surface area (Å²) >= 11 is 0. The molecule has 0 saturated carbocycles. The second-order valence-corrected chi connectivity index (χ2v) is 13.4. The van der Waals surface area contributed by atoms with Crippen LogP contribution < -0.4 is 15.5 Å². The molecule has 15 heteroatoms. The van der Waals surface area contributed by atoms with E-state index in [0.717, 1.165) is 48.3 Å². The number of nitrogens with zero attached hydrogens (tertiary/aromatic N) is 4. The molecule has 45 heavy (non-hydrogen) atoms. The number of benzene rings is 2. The molecule has 6 rings (SSSR count). The molecule has 0 atom stereocenters. The Morgan fingerprint density at radius 3 is 2.36 bits per heavy atom. The molecule has 1 fully saturated rings. The molecule has 2 aromatic carbocycles. The minimum atomic E-state index is -4.36. The highest BCUT2D eigenvalue weighted by molar-refractivity contribution is 7.89. The van der Waals surface area contributed by atoms with Crippen LogP contribution in [0, 0.1) is 11.6 Å². The molecule has 3 N–H and O–H groups in total. The van der Waals surface area contributed by atoms with Crippen LogP contribution in [0.25, 0.3) is 0 Å². The van der Waals surface area contributed by atoms with E-state index in [1.54, 1.807) is 38.1 Å². The number of sulfonamides is 1. The topological polar surface area (TPSA) is 144 Å². The fraction of sp³-hybridized carbons (Fsp3) is 0.300. The van der Waals surface area contributed by atoms with Gasteiger partial charge in [0.15, 0.2) is 11.6 Å². The number of furan rings is 1. The molecular formula is C30H31F2N7O5S. The zero-order chi connectivity index (χ0) is 32.1. The average molecular weight is 640 g/mol. The van der Waals surface area contributed by atoms with Crippen molar-refractivity contribution in [2.75, 3.05) is 48.8 Å². The Kier molecular flexibility index (Phi) is 7.71. The van der Waals surface area contributed by atoms with E-state index in [1.807, 2.05) is 7.05 Å². The van der Waals surface area contributed by atoms with Crippen molar-refractivity contribution in [2.24, 2.45) is 0 Å². The Morgan fingerprint density at radius 2 is 1.69 bits per heavy atom. The second kappa shape index (κ2) is 11.4.